The molecule has 208 valence electrons. The van der Waals surface area contributed by atoms with Gasteiger partial charge in [-0.1, -0.05) is 36.4 Å². The predicted molar refractivity (Wildman–Crippen MR) is 150 cm³/mol. The zero-order chi connectivity index (χ0) is 27.6. The highest BCUT2D eigenvalue weighted by Gasteiger charge is 2.23. The van der Waals surface area contributed by atoms with E-state index in [0.717, 1.165) is 30.8 Å². The third-order valence-electron chi connectivity index (χ3n) is 6.92. The van der Waals surface area contributed by atoms with Crippen LogP contribution in [-0.4, -0.2) is 70.3 Å². The Bertz CT molecular complexity index is 1200. The lowest BCUT2D eigenvalue weighted by Crippen LogP contribution is -2.37. The highest BCUT2D eigenvalue weighted by molar-refractivity contribution is 5.95. The third kappa shape index (κ3) is 7.15. The van der Waals surface area contributed by atoms with Crippen LogP contribution in [0.3, 0.4) is 0 Å². The van der Waals surface area contributed by atoms with Gasteiger partial charge in [-0.3, -0.25) is 4.79 Å². The lowest BCUT2D eigenvalue weighted by Gasteiger charge is -2.26. The number of methoxy groups -OCH3 is 4. The van der Waals surface area contributed by atoms with Crippen LogP contribution in [0.4, 0.5) is 0 Å². The molecule has 0 unspecified atom stereocenters. The molecule has 1 aliphatic rings. The largest absolute Gasteiger partial charge is 0.493 e. The molecule has 0 N–H and O–H groups in total. The van der Waals surface area contributed by atoms with Gasteiger partial charge in [0.2, 0.25) is 5.75 Å². The van der Waals surface area contributed by atoms with Gasteiger partial charge in [0.1, 0.15) is 6.61 Å². The fraction of sp³-hybridized carbons (Fsp3) is 0.387. The molecule has 0 aliphatic carbocycles. The number of rotatable bonds is 13. The maximum absolute atomic E-state index is 13.9. The summed E-state index contributed by atoms with van der Waals surface area (Å²) < 4.78 is 28.1. The van der Waals surface area contributed by atoms with Gasteiger partial charge in [0, 0.05) is 25.2 Å². The average Bonchev–Trinajstić information content (AvgIpc) is 3.51. The van der Waals surface area contributed by atoms with Gasteiger partial charge in [0.15, 0.2) is 23.0 Å². The Kier molecular flexibility index (Phi) is 9.91. The van der Waals surface area contributed by atoms with Gasteiger partial charge in [0.25, 0.3) is 5.91 Å². The van der Waals surface area contributed by atoms with Crippen LogP contribution in [0.5, 0.6) is 28.7 Å². The van der Waals surface area contributed by atoms with Gasteiger partial charge in [0.05, 0.1) is 28.4 Å². The maximum Gasteiger partial charge on any atom is 0.254 e. The second kappa shape index (κ2) is 13.8. The van der Waals surface area contributed by atoms with Gasteiger partial charge in [-0.25, -0.2) is 0 Å². The Labute approximate surface area is 231 Å². The lowest BCUT2D eigenvalue weighted by molar-refractivity contribution is 0.0726. The van der Waals surface area contributed by atoms with Gasteiger partial charge < -0.3 is 33.5 Å². The summed E-state index contributed by atoms with van der Waals surface area (Å²) in [6, 6.07) is 19.2. The molecule has 8 nitrogen and oxygen atoms in total. The number of hydrogen-bond donors (Lipinski definition) is 0. The van der Waals surface area contributed by atoms with Crippen LogP contribution in [0.1, 0.15) is 34.3 Å². The van der Waals surface area contributed by atoms with Crippen LogP contribution in [-0.2, 0) is 13.2 Å². The van der Waals surface area contributed by atoms with E-state index in [9.17, 15) is 4.79 Å². The third-order valence-corrected chi connectivity index (χ3v) is 6.92. The molecule has 0 radical (unpaired) electrons. The number of benzene rings is 3. The minimum Gasteiger partial charge on any atom is -0.493 e. The summed E-state index contributed by atoms with van der Waals surface area (Å²) in [6.45, 7) is 4.35. The van der Waals surface area contributed by atoms with Crippen molar-refractivity contribution < 1.29 is 28.5 Å². The first-order valence-electron chi connectivity index (χ1n) is 13.2. The number of hydrogen-bond acceptors (Lipinski definition) is 7. The lowest BCUT2D eigenvalue weighted by atomic mass is 10.1. The molecular formula is C31H38N2O6. The topological polar surface area (TPSA) is 69.7 Å². The molecule has 0 aromatic heterocycles. The van der Waals surface area contributed by atoms with Crippen molar-refractivity contribution in [2.45, 2.75) is 26.0 Å². The first kappa shape index (κ1) is 28.1. The van der Waals surface area contributed by atoms with Crippen molar-refractivity contribution in [3.63, 3.8) is 0 Å². The first-order valence-corrected chi connectivity index (χ1v) is 13.2. The molecule has 0 atom stereocenters. The number of likely N-dealkylation sites (tertiary alicyclic amines) is 1. The van der Waals surface area contributed by atoms with Crippen LogP contribution in [0, 0.1) is 0 Å². The monoisotopic (exact) mass is 534 g/mol. The highest BCUT2D eigenvalue weighted by Crippen LogP contribution is 2.38. The van der Waals surface area contributed by atoms with Crippen LogP contribution < -0.4 is 23.7 Å². The molecule has 1 saturated heterocycles. The molecule has 39 heavy (non-hydrogen) atoms. The molecule has 3 aromatic carbocycles. The summed E-state index contributed by atoms with van der Waals surface area (Å²) in [6.07, 6.45) is 2.39. The van der Waals surface area contributed by atoms with E-state index in [4.69, 9.17) is 23.7 Å². The van der Waals surface area contributed by atoms with Gasteiger partial charge >= 0.3 is 0 Å². The standard InChI is InChI=1S/C31H38N2O6/c1-35-26-13-12-24(18-27(26)39-22-23-10-6-5-7-11-23)21-33(17-16-32-14-8-9-15-32)31(34)25-19-28(36-2)30(38-4)29(20-25)37-3/h5-7,10-13,18-20H,8-9,14-17,21-22H2,1-4H3. The molecule has 8 heteroatoms. The summed E-state index contributed by atoms with van der Waals surface area (Å²) in [4.78, 5) is 18.2. The van der Waals surface area contributed by atoms with E-state index < -0.39 is 0 Å². The van der Waals surface area contributed by atoms with Crippen LogP contribution >= 0.6 is 0 Å². The summed E-state index contributed by atoms with van der Waals surface area (Å²) >= 11 is 0. The van der Waals surface area contributed by atoms with E-state index in [1.165, 1.54) is 12.8 Å². The van der Waals surface area contributed by atoms with Crippen molar-refractivity contribution in [2.75, 3.05) is 54.6 Å². The Morgan fingerprint density at radius 1 is 0.769 bits per heavy atom. The minimum absolute atomic E-state index is 0.115. The van der Waals surface area contributed by atoms with Crippen molar-refractivity contribution in [3.05, 3.63) is 77.4 Å². The van der Waals surface area contributed by atoms with Crippen molar-refractivity contribution >= 4 is 5.91 Å². The number of ether oxygens (including phenoxy) is 5. The van der Waals surface area contributed by atoms with E-state index in [0.29, 0.717) is 54.0 Å². The van der Waals surface area contributed by atoms with Crippen molar-refractivity contribution in [2.24, 2.45) is 0 Å². The molecule has 0 spiro atoms. The molecular weight excluding hydrogens is 496 g/mol. The predicted octanol–water partition coefficient (Wildman–Crippen LogP) is 5.04. The van der Waals surface area contributed by atoms with Crippen molar-refractivity contribution in [1.29, 1.82) is 0 Å². The molecule has 1 amide bonds. The van der Waals surface area contributed by atoms with Crippen LogP contribution in [0.25, 0.3) is 0 Å². The summed E-state index contributed by atoms with van der Waals surface area (Å²) in [5.74, 6) is 2.51. The van der Waals surface area contributed by atoms with E-state index in [1.54, 1.807) is 40.6 Å². The Morgan fingerprint density at radius 2 is 1.44 bits per heavy atom. The molecule has 3 aromatic rings. The van der Waals surface area contributed by atoms with Crippen LogP contribution in [0.2, 0.25) is 0 Å². The summed E-state index contributed by atoms with van der Waals surface area (Å²) in [5.41, 5.74) is 2.48. The Hall–Kier alpha value is -3.91. The van der Waals surface area contributed by atoms with E-state index in [2.05, 4.69) is 4.90 Å². The maximum atomic E-state index is 13.9. The number of carbonyl (C=O) groups excluding carboxylic acids is 1. The van der Waals surface area contributed by atoms with E-state index >= 15 is 0 Å². The average molecular weight is 535 g/mol. The Morgan fingerprint density at radius 3 is 2.05 bits per heavy atom. The van der Waals surface area contributed by atoms with Gasteiger partial charge in [-0.2, -0.15) is 0 Å². The van der Waals surface area contributed by atoms with Crippen molar-refractivity contribution in [3.8, 4) is 28.7 Å². The van der Waals surface area contributed by atoms with Crippen molar-refractivity contribution in [1.82, 2.24) is 9.80 Å². The molecule has 0 bridgehead atoms. The normalized spacial score (nSPS) is 13.1. The first-order chi connectivity index (χ1) is 19.1. The Balaban J connectivity index is 1.59. The van der Waals surface area contributed by atoms with Crippen LogP contribution in [0.15, 0.2) is 60.7 Å². The smallest absolute Gasteiger partial charge is 0.254 e. The molecule has 0 saturated carbocycles. The van der Waals surface area contributed by atoms with E-state index in [1.807, 2.05) is 53.4 Å². The molecule has 1 heterocycles. The fourth-order valence-electron chi connectivity index (χ4n) is 4.80. The number of nitrogens with zero attached hydrogens (tertiary/aromatic N) is 2. The zero-order valence-electron chi connectivity index (χ0n) is 23.3. The SMILES string of the molecule is COc1ccc(CN(CCN2CCCC2)C(=O)c2cc(OC)c(OC)c(OC)c2)cc1OCc1ccccc1. The second-order valence-corrected chi connectivity index (χ2v) is 9.45. The molecule has 4 rings (SSSR count). The minimum atomic E-state index is -0.115. The fourth-order valence-corrected chi connectivity index (χ4v) is 4.80. The number of carbonyl (C=O) groups is 1. The summed E-state index contributed by atoms with van der Waals surface area (Å²) in [5, 5.41) is 0. The highest BCUT2D eigenvalue weighted by atomic mass is 16.5. The number of amides is 1. The molecule has 1 aliphatic heterocycles. The van der Waals surface area contributed by atoms with Gasteiger partial charge in [-0.05, 0) is 61.3 Å². The van der Waals surface area contributed by atoms with E-state index in [-0.39, 0.29) is 5.91 Å². The zero-order valence-corrected chi connectivity index (χ0v) is 23.3. The quantitative estimate of drug-likeness (QED) is 0.304. The van der Waals surface area contributed by atoms with Gasteiger partial charge in [-0.15, -0.1) is 0 Å². The second-order valence-electron chi connectivity index (χ2n) is 9.45. The summed E-state index contributed by atoms with van der Waals surface area (Å²) in [7, 11) is 6.27. The molecule has 1 fully saturated rings.